The lowest BCUT2D eigenvalue weighted by Gasteiger charge is -2.58. The van der Waals surface area contributed by atoms with Crippen LogP contribution in [0.4, 0.5) is 0 Å². The molecule has 29 heavy (non-hydrogen) atoms. The largest absolute Gasteiger partial charge is 0.393 e. The summed E-state index contributed by atoms with van der Waals surface area (Å²) in [5.74, 6) is 5.51. The van der Waals surface area contributed by atoms with Crippen LogP contribution in [-0.4, -0.2) is 11.2 Å². The molecule has 0 aliphatic heterocycles. The zero-order chi connectivity index (χ0) is 20.8. The Morgan fingerprint density at radius 3 is 2.59 bits per heavy atom. The van der Waals surface area contributed by atoms with Crippen LogP contribution in [0.25, 0.3) is 0 Å². The van der Waals surface area contributed by atoms with Gasteiger partial charge >= 0.3 is 0 Å². The van der Waals surface area contributed by atoms with E-state index in [1.165, 1.54) is 64.2 Å². The molecule has 9 atom stereocenters. The Labute approximate surface area is 181 Å². The van der Waals surface area contributed by atoms with Gasteiger partial charge in [-0.15, -0.1) is 0 Å². The van der Waals surface area contributed by atoms with Crippen LogP contribution in [-0.2, 0) is 0 Å². The van der Waals surface area contributed by atoms with E-state index < -0.39 is 0 Å². The molecule has 1 N–H and O–H groups in total. The summed E-state index contributed by atoms with van der Waals surface area (Å²) >= 11 is 0. The molecule has 0 heterocycles. The quantitative estimate of drug-likeness (QED) is 0.451. The molecule has 4 aliphatic carbocycles. The molecule has 0 aromatic rings. The van der Waals surface area contributed by atoms with Gasteiger partial charge in [-0.2, -0.15) is 0 Å². The van der Waals surface area contributed by atoms with Gasteiger partial charge in [0.2, 0.25) is 0 Å². The van der Waals surface area contributed by atoms with Gasteiger partial charge in [0.1, 0.15) is 0 Å². The summed E-state index contributed by atoms with van der Waals surface area (Å²) in [7, 11) is 0. The highest BCUT2D eigenvalue weighted by Gasteiger charge is 2.59. The third-order valence-electron chi connectivity index (χ3n) is 10.9. The Balaban J connectivity index is 1.46. The van der Waals surface area contributed by atoms with Crippen molar-refractivity contribution >= 4 is 0 Å². The van der Waals surface area contributed by atoms with Crippen LogP contribution in [0, 0.1) is 46.3 Å². The molecule has 8 unspecified atom stereocenters. The van der Waals surface area contributed by atoms with Crippen molar-refractivity contribution < 1.29 is 5.11 Å². The monoisotopic (exact) mass is 400 g/mol. The van der Waals surface area contributed by atoms with Crippen molar-refractivity contribution in [3.63, 3.8) is 0 Å². The molecular weight excluding hydrogens is 352 g/mol. The second-order valence-corrected chi connectivity index (χ2v) is 12.3. The maximum Gasteiger partial charge on any atom is 0.0577 e. The van der Waals surface area contributed by atoms with Crippen LogP contribution in [0.1, 0.15) is 112 Å². The molecule has 0 saturated heterocycles. The number of fused-ring (bicyclic) bond motifs is 5. The van der Waals surface area contributed by atoms with Crippen molar-refractivity contribution in [3.05, 3.63) is 11.6 Å². The molecular formula is C28H48O. The predicted molar refractivity (Wildman–Crippen MR) is 124 cm³/mol. The van der Waals surface area contributed by atoms with E-state index in [1.54, 1.807) is 5.57 Å². The number of hydrogen-bond donors (Lipinski definition) is 1. The van der Waals surface area contributed by atoms with Gasteiger partial charge in [-0.1, -0.05) is 72.0 Å². The first-order valence-corrected chi connectivity index (χ1v) is 13.2. The molecule has 0 bridgehead atoms. The van der Waals surface area contributed by atoms with Gasteiger partial charge in [0, 0.05) is 0 Å². The van der Waals surface area contributed by atoms with E-state index >= 15 is 0 Å². The first kappa shape index (κ1) is 21.9. The van der Waals surface area contributed by atoms with E-state index in [0.717, 1.165) is 48.3 Å². The molecule has 1 heteroatoms. The molecule has 3 fully saturated rings. The number of allylic oxidation sites excluding steroid dienone is 1. The van der Waals surface area contributed by atoms with Crippen LogP contribution in [0.2, 0.25) is 0 Å². The maximum atomic E-state index is 10.2. The van der Waals surface area contributed by atoms with Crippen molar-refractivity contribution in [3.8, 4) is 0 Å². The summed E-state index contributed by atoms with van der Waals surface area (Å²) in [4.78, 5) is 0. The highest BCUT2D eigenvalue weighted by atomic mass is 16.3. The van der Waals surface area contributed by atoms with Gasteiger partial charge in [0.15, 0.2) is 0 Å². The first-order chi connectivity index (χ1) is 13.8. The standard InChI is InChI=1S/C28H48O/c1-6-19(2)8-7-9-20(3)24-12-13-25-23-11-10-21-18-22(29)14-16-27(21,4)26(23)15-17-28(24,25)5/h10,19-20,22-26,29H,6-9,11-18H2,1-5H3/t19?,20-,22?,23?,24?,25?,26?,27?,28?/m1/s1. The van der Waals surface area contributed by atoms with Crippen molar-refractivity contribution in [2.45, 2.75) is 118 Å². The lowest BCUT2D eigenvalue weighted by molar-refractivity contribution is -0.0573. The summed E-state index contributed by atoms with van der Waals surface area (Å²) in [6.45, 7) is 12.6. The van der Waals surface area contributed by atoms with Crippen LogP contribution < -0.4 is 0 Å². The lowest BCUT2D eigenvalue weighted by Crippen LogP contribution is -2.50. The lowest BCUT2D eigenvalue weighted by atomic mass is 9.47. The second-order valence-electron chi connectivity index (χ2n) is 12.3. The zero-order valence-electron chi connectivity index (χ0n) is 20.1. The molecule has 4 aliphatic rings. The molecule has 0 radical (unpaired) electrons. The molecule has 0 aromatic carbocycles. The van der Waals surface area contributed by atoms with Gasteiger partial charge in [-0.3, -0.25) is 0 Å². The topological polar surface area (TPSA) is 20.2 Å². The number of aliphatic hydroxyl groups excluding tert-OH is 1. The van der Waals surface area contributed by atoms with Gasteiger partial charge in [-0.05, 0) is 97.7 Å². The molecule has 1 nitrogen and oxygen atoms in total. The van der Waals surface area contributed by atoms with Crippen molar-refractivity contribution in [1.29, 1.82) is 0 Å². The Bertz CT molecular complexity index is 607. The molecule has 0 amide bonds. The summed E-state index contributed by atoms with van der Waals surface area (Å²) in [5, 5.41) is 10.2. The third-order valence-corrected chi connectivity index (χ3v) is 10.9. The minimum absolute atomic E-state index is 0.0770. The SMILES string of the molecule is CCC(C)CCC[C@@H](C)C1CCC2C3CC=C4CC(O)CCC4(C)C3CCC21C. The fourth-order valence-electron chi connectivity index (χ4n) is 8.81. The first-order valence-electron chi connectivity index (χ1n) is 13.2. The van der Waals surface area contributed by atoms with Crippen molar-refractivity contribution in [2.75, 3.05) is 0 Å². The average molecular weight is 401 g/mol. The molecule has 4 rings (SSSR count). The summed E-state index contributed by atoms with van der Waals surface area (Å²) in [6.07, 6.45) is 18.6. The second kappa shape index (κ2) is 8.33. The molecule has 166 valence electrons. The highest BCUT2D eigenvalue weighted by molar-refractivity contribution is 5.25. The van der Waals surface area contributed by atoms with E-state index in [-0.39, 0.29) is 6.10 Å². The Kier molecular flexibility index (Phi) is 6.29. The maximum absolute atomic E-state index is 10.2. The molecule has 3 saturated carbocycles. The van der Waals surface area contributed by atoms with Gasteiger partial charge in [-0.25, -0.2) is 0 Å². The van der Waals surface area contributed by atoms with Crippen LogP contribution in [0.15, 0.2) is 11.6 Å². The van der Waals surface area contributed by atoms with Crippen LogP contribution >= 0.6 is 0 Å². The Morgan fingerprint density at radius 2 is 1.83 bits per heavy atom. The molecule has 0 spiro atoms. The van der Waals surface area contributed by atoms with Gasteiger partial charge in [0.25, 0.3) is 0 Å². The third kappa shape index (κ3) is 3.77. The summed E-state index contributed by atoms with van der Waals surface area (Å²) < 4.78 is 0. The van der Waals surface area contributed by atoms with E-state index in [4.69, 9.17) is 0 Å². The number of rotatable bonds is 6. The van der Waals surface area contributed by atoms with E-state index in [2.05, 4.69) is 40.7 Å². The smallest absolute Gasteiger partial charge is 0.0577 e. The minimum atomic E-state index is -0.0770. The van der Waals surface area contributed by atoms with Crippen LogP contribution in [0.3, 0.4) is 0 Å². The Hall–Kier alpha value is -0.300. The molecule has 0 aromatic heterocycles. The van der Waals surface area contributed by atoms with Crippen molar-refractivity contribution in [1.82, 2.24) is 0 Å². The number of hydrogen-bond acceptors (Lipinski definition) is 1. The Morgan fingerprint density at radius 1 is 1.03 bits per heavy atom. The fraction of sp³-hybridized carbons (Fsp3) is 0.929. The van der Waals surface area contributed by atoms with Crippen LogP contribution in [0.5, 0.6) is 0 Å². The minimum Gasteiger partial charge on any atom is -0.393 e. The number of aliphatic hydroxyl groups is 1. The predicted octanol–water partition coefficient (Wildman–Crippen LogP) is 7.78. The fourth-order valence-corrected chi connectivity index (χ4v) is 8.81. The van der Waals surface area contributed by atoms with E-state index in [9.17, 15) is 5.11 Å². The highest BCUT2D eigenvalue weighted by Crippen LogP contribution is 2.67. The normalized spacial score (nSPS) is 46.3. The van der Waals surface area contributed by atoms with E-state index in [0.29, 0.717) is 10.8 Å². The van der Waals surface area contributed by atoms with Crippen molar-refractivity contribution in [2.24, 2.45) is 46.3 Å². The summed E-state index contributed by atoms with van der Waals surface area (Å²) in [6, 6.07) is 0. The average Bonchev–Trinajstić information content (AvgIpc) is 3.05. The van der Waals surface area contributed by atoms with E-state index in [1.807, 2.05) is 0 Å². The summed E-state index contributed by atoms with van der Waals surface area (Å²) in [5.41, 5.74) is 2.60. The zero-order valence-corrected chi connectivity index (χ0v) is 20.1. The van der Waals surface area contributed by atoms with Gasteiger partial charge in [0.05, 0.1) is 6.10 Å². The van der Waals surface area contributed by atoms with Gasteiger partial charge < -0.3 is 5.11 Å².